The minimum Gasteiger partial charge on any atom is -0.493 e. The Morgan fingerprint density at radius 2 is 1.68 bits per heavy atom. The second kappa shape index (κ2) is 7.86. The van der Waals surface area contributed by atoms with Gasteiger partial charge in [-0.15, -0.1) is 0 Å². The minimum absolute atomic E-state index is 0.339. The van der Waals surface area contributed by atoms with Gasteiger partial charge in [0.2, 0.25) is 5.75 Å². The first-order chi connectivity index (χ1) is 9.15. The van der Waals surface area contributed by atoms with Gasteiger partial charge in [-0.1, -0.05) is 0 Å². The molecule has 1 aromatic rings. The first-order valence-corrected chi connectivity index (χ1v) is 6.38. The standard InChI is InChI=1S/C14H24N2O3/c1-10(16-6-5-15)7-11-8-12(17-2)14(19-4)13(9-11)18-3/h8-10,16H,5-7,15H2,1-4H3. The third kappa shape index (κ3) is 4.29. The Morgan fingerprint density at radius 1 is 1.11 bits per heavy atom. The number of hydrogen-bond donors (Lipinski definition) is 2. The van der Waals surface area contributed by atoms with Crippen molar-refractivity contribution in [3.63, 3.8) is 0 Å². The molecule has 3 N–H and O–H groups in total. The molecule has 0 aliphatic rings. The zero-order chi connectivity index (χ0) is 14.3. The van der Waals surface area contributed by atoms with Crippen LogP contribution in [0.3, 0.4) is 0 Å². The van der Waals surface area contributed by atoms with Crippen LogP contribution >= 0.6 is 0 Å². The summed E-state index contributed by atoms with van der Waals surface area (Å²) in [4.78, 5) is 0. The quantitative estimate of drug-likeness (QED) is 0.741. The molecule has 1 unspecified atom stereocenters. The maximum atomic E-state index is 5.48. The number of benzene rings is 1. The zero-order valence-electron chi connectivity index (χ0n) is 12.2. The molecule has 0 saturated carbocycles. The van der Waals surface area contributed by atoms with Gasteiger partial charge in [0.05, 0.1) is 21.3 Å². The first kappa shape index (κ1) is 15.6. The molecule has 0 fully saturated rings. The van der Waals surface area contributed by atoms with Crippen LogP contribution in [0.15, 0.2) is 12.1 Å². The van der Waals surface area contributed by atoms with Crippen LogP contribution in [-0.2, 0) is 6.42 Å². The summed E-state index contributed by atoms with van der Waals surface area (Å²) in [7, 11) is 4.85. The maximum Gasteiger partial charge on any atom is 0.203 e. The van der Waals surface area contributed by atoms with E-state index in [1.807, 2.05) is 12.1 Å². The summed E-state index contributed by atoms with van der Waals surface area (Å²) in [6.45, 7) is 3.57. The zero-order valence-corrected chi connectivity index (χ0v) is 12.2. The second-order valence-electron chi connectivity index (χ2n) is 4.38. The van der Waals surface area contributed by atoms with E-state index in [1.165, 1.54) is 0 Å². The van der Waals surface area contributed by atoms with E-state index in [1.54, 1.807) is 21.3 Å². The Labute approximate surface area is 115 Å². The lowest BCUT2D eigenvalue weighted by Crippen LogP contribution is -2.32. The molecule has 0 spiro atoms. The fourth-order valence-corrected chi connectivity index (χ4v) is 2.01. The van der Waals surface area contributed by atoms with E-state index in [0.29, 0.717) is 29.8 Å². The molecule has 108 valence electrons. The minimum atomic E-state index is 0.339. The largest absolute Gasteiger partial charge is 0.493 e. The molecule has 19 heavy (non-hydrogen) atoms. The Balaban J connectivity index is 2.90. The van der Waals surface area contributed by atoms with E-state index in [9.17, 15) is 0 Å². The molecular weight excluding hydrogens is 244 g/mol. The second-order valence-corrected chi connectivity index (χ2v) is 4.38. The lowest BCUT2D eigenvalue weighted by atomic mass is 10.1. The summed E-state index contributed by atoms with van der Waals surface area (Å²) < 4.78 is 16.0. The van der Waals surface area contributed by atoms with Crippen molar-refractivity contribution in [1.29, 1.82) is 0 Å². The van der Waals surface area contributed by atoms with Gasteiger partial charge in [0.1, 0.15) is 0 Å². The molecule has 0 aliphatic heterocycles. The number of ether oxygens (including phenoxy) is 3. The predicted octanol–water partition coefficient (Wildman–Crippen LogP) is 1.19. The molecule has 5 nitrogen and oxygen atoms in total. The van der Waals surface area contributed by atoms with Gasteiger partial charge in [0, 0.05) is 19.1 Å². The normalized spacial score (nSPS) is 12.1. The summed E-state index contributed by atoms with van der Waals surface area (Å²) in [6, 6.07) is 4.29. The van der Waals surface area contributed by atoms with Crippen molar-refractivity contribution in [3.05, 3.63) is 17.7 Å². The van der Waals surface area contributed by atoms with Gasteiger partial charge >= 0.3 is 0 Å². The highest BCUT2D eigenvalue weighted by atomic mass is 16.5. The van der Waals surface area contributed by atoms with E-state index < -0.39 is 0 Å². The van der Waals surface area contributed by atoms with Gasteiger partial charge < -0.3 is 25.3 Å². The summed E-state index contributed by atoms with van der Waals surface area (Å²) in [5.74, 6) is 1.99. The van der Waals surface area contributed by atoms with Gasteiger partial charge in [-0.2, -0.15) is 0 Å². The third-order valence-electron chi connectivity index (χ3n) is 2.90. The van der Waals surface area contributed by atoms with Crippen molar-refractivity contribution < 1.29 is 14.2 Å². The maximum absolute atomic E-state index is 5.48. The van der Waals surface area contributed by atoms with E-state index in [2.05, 4.69) is 12.2 Å². The highest BCUT2D eigenvalue weighted by molar-refractivity contribution is 5.53. The first-order valence-electron chi connectivity index (χ1n) is 6.38. The van der Waals surface area contributed by atoms with Crippen LogP contribution in [0.5, 0.6) is 17.2 Å². The van der Waals surface area contributed by atoms with Crippen molar-refractivity contribution in [2.24, 2.45) is 5.73 Å². The van der Waals surface area contributed by atoms with Crippen molar-refractivity contribution in [2.75, 3.05) is 34.4 Å². The summed E-state index contributed by atoms with van der Waals surface area (Å²) in [5, 5.41) is 3.35. The van der Waals surface area contributed by atoms with Gasteiger partial charge in [0.25, 0.3) is 0 Å². The van der Waals surface area contributed by atoms with Crippen LogP contribution in [0.4, 0.5) is 0 Å². The number of nitrogens with one attached hydrogen (secondary N) is 1. The number of methoxy groups -OCH3 is 3. The molecule has 0 saturated heterocycles. The highest BCUT2D eigenvalue weighted by Gasteiger charge is 2.14. The van der Waals surface area contributed by atoms with E-state index >= 15 is 0 Å². The van der Waals surface area contributed by atoms with Crippen LogP contribution in [-0.4, -0.2) is 40.5 Å². The Bertz CT molecular complexity index is 371. The smallest absolute Gasteiger partial charge is 0.203 e. The van der Waals surface area contributed by atoms with Crippen LogP contribution < -0.4 is 25.3 Å². The lowest BCUT2D eigenvalue weighted by molar-refractivity contribution is 0.323. The average molecular weight is 268 g/mol. The van der Waals surface area contributed by atoms with Gasteiger partial charge in [-0.25, -0.2) is 0 Å². The molecule has 1 atom stereocenters. The molecular formula is C14H24N2O3. The van der Waals surface area contributed by atoms with Gasteiger partial charge in [-0.05, 0) is 31.0 Å². The molecule has 0 heterocycles. The van der Waals surface area contributed by atoms with Crippen LogP contribution in [0, 0.1) is 0 Å². The summed E-state index contributed by atoms with van der Waals surface area (Å²) in [6.07, 6.45) is 0.872. The SMILES string of the molecule is COc1cc(CC(C)NCCN)cc(OC)c1OC. The van der Waals surface area contributed by atoms with Crippen molar-refractivity contribution in [2.45, 2.75) is 19.4 Å². The number of rotatable bonds is 8. The van der Waals surface area contributed by atoms with Crippen molar-refractivity contribution in [3.8, 4) is 17.2 Å². The molecule has 1 aromatic carbocycles. The summed E-state index contributed by atoms with van der Waals surface area (Å²) >= 11 is 0. The van der Waals surface area contributed by atoms with Crippen LogP contribution in [0.1, 0.15) is 12.5 Å². The van der Waals surface area contributed by atoms with Crippen LogP contribution in [0.25, 0.3) is 0 Å². The fourth-order valence-electron chi connectivity index (χ4n) is 2.01. The fraction of sp³-hybridized carbons (Fsp3) is 0.571. The summed E-state index contributed by atoms with van der Waals surface area (Å²) in [5.41, 5.74) is 6.61. The lowest BCUT2D eigenvalue weighted by Gasteiger charge is -2.17. The molecule has 0 bridgehead atoms. The number of nitrogens with two attached hydrogens (primary N) is 1. The van der Waals surface area contributed by atoms with E-state index in [-0.39, 0.29) is 0 Å². The van der Waals surface area contributed by atoms with Crippen molar-refractivity contribution in [1.82, 2.24) is 5.32 Å². The molecule has 0 aliphatic carbocycles. The Hall–Kier alpha value is -1.46. The molecule has 0 radical (unpaired) electrons. The average Bonchev–Trinajstić information content (AvgIpc) is 2.43. The highest BCUT2D eigenvalue weighted by Crippen LogP contribution is 2.38. The third-order valence-corrected chi connectivity index (χ3v) is 2.90. The predicted molar refractivity (Wildman–Crippen MR) is 76.3 cm³/mol. The van der Waals surface area contributed by atoms with Gasteiger partial charge in [0.15, 0.2) is 11.5 Å². The molecule has 0 aromatic heterocycles. The molecule has 1 rings (SSSR count). The topological polar surface area (TPSA) is 65.7 Å². The Kier molecular flexibility index (Phi) is 6.45. The number of hydrogen-bond acceptors (Lipinski definition) is 5. The van der Waals surface area contributed by atoms with Crippen molar-refractivity contribution >= 4 is 0 Å². The van der Waals surface area contributed by atoms with E-state index in [0.717, 1.165) is 18.5 Å². The Morgan fingerprint density at radius 3 is 2.11 bits per heavy atom. The van der Waals surface area contributed by atoms with E-state index in [4.69, 9.17) is 19.9 Å². The van der Waals surface area contributed by atoms with Gasteiger partial charge in [-0.3, -0.25) is 0 Å². The van der Waals surface area contributed by atoms with Crippen LogP contribution in [0.2, 0.25) is 0 Å². The molecule has 5 heteroatoms. The molecule has 0 amide bonds. The monoisotopic (exact) mass is 268 g/mol.